The van der Waals surface area contributed by atoms with Crippen LogP contribution in [0, 0.1) is 0 Å². The van der Waals surface area contributed by atoms with E-state index in [1.165, 1.54) is 0 Å². The molecule has 1 aliphatic heterocycles. The van der Waals surface area contributed by atoms with Gasteiger partial charge in [-0.15, -0.1) is 0 Å². The number of halogens is 2. The van der Waals surface area contributed by atoms with E-state index in [4.69, 9.17) is 9.63 Å². The smallest absolute Gasteiger partial charge is 0.264 e. The molecule has 1 N–H and O–H groups in total. The van der Waals surface area contributed by atoms with Gasteiger partial charge in [-0.1, -0.05) is 5.16 Å². The van der Waals surface area contributed by atoms with E-state index in [9.17, 15) is 8.78 Å². The maximum Gasteiger partial charge on any atom is 0.264 e. The Balaban J connectivity index is 2.03. The maximum atomic E-state index is 12.2. The van der Waals surface area contributed by atoms with Gasteiger partial charge in [0.25, 0.3) is 6.43 Å². The fourth-order valence-electron chi connectivity index (χ4n) is 2.04. The predicted molar refractivity (Wildman–Crippen MR) is 62.9 cm³/mol. The Morgan fingerprint density at radius 2 is 2.16 bits per heavy atom. The zero-order chi connectivity index (χ0) is 14.0. The maximum absolute atomic E-state index is 12.2. The van der Waals surface area contributed by atoms with Gasteiger partial charge in [-0.3, -0.25) is 4.90 Å². The molecule has 2 heterocycles. The molecule has 1 fully saturated rings. The second-order valence-electron chi connectivity index (χ2n) is 4.91. The van der Waals surface area contributed by atoms with Crippen molar-refractivity contribution >= 4 is 0 Å². The SMILES string of the molecule is CN1CCN(C)C(c2noc(CC(O)C(F)F)n2)C1. The van der Waals surface area contributed by atoms with E-state index >= 15 is 0 Å². The van der Waals surface area contributed by atoms with Crippen molar-refractivity contribution < 1.29 is 18.4 Å². The first-order chi connectivity index (χ1) is 8.97. The van der Waals surface area contributed by atoms with Gasteiger partial charge in [0.05, 0.1) is 12.5 Å². The van der Waals surface area contributed by atoms with Crippen LogP contribution in [0.1, 0.15) is 17.8 Å². The molecule has 0 aromatic carbocycles. The highest BCUT2D eigenvalue weighted by atomic mass is 19.3. The van der Waals surface area contributed by atoms with Gasteiger partial charge < -0.3 is 14.5 Å². The first kappa shape index (κ1) is 14.3. The lowest BCUT2D eigenvalue weighted by molar-refractivity contribution is -0.00754. The van der Waals surface area contributed by atoms with Crippen molar-refractivity contribution in [3.63, 3.8) is 0 Å². The van der Waals surface area contributed by atoms with E-state index < -0.39 is 12.5 Å². The minimum Gasteiger partial charge on any atom is -0.387 e. The van der Waals surface area contributed by atoms with Gasteiger partial charge in [-0.05, 0) is 14.1 Å². The average Bonchev–Trinajstić information content (AvgIpc) is 2.80. The summed E-state index contributed by atoms with van der Waals surface area (Å²) in [5.41, 5.74) is 0. The lowest BCUT2D eigenvalue weighted by Gasteiger charge is -2.35. The van der Waals surface area contributed by atoms with Crippen LogP contribution in [0.3, 0.4) is 0 Å². The van der Waals surface area contributed by atoms with Gasteiger partial charge in [0.15, 0.2) is 5.82 Å². The molecule has 2 rings (SSSR count). The molecule has 2 unspecified atom stereocenters. The minimum atomic E-state index is -2.81. The van der Waals surface area contributed by atoms with E-state index in [-0.39, 0.29) is 18.4 Å². The van der Waals surface area contributed by atoms with E-state index in [1.54, 1.807) is 0 Å². The third-order valence-electron chi connectivity index (χ3n) is 3.31. The predicted octanol–water partition coefficient (Wildman–Crippen LogP) is 0.156. The van der Waals surface area contributed by atoms with E-state index in [1.807, 2.05) is 14.1 Å². The number of aliphatic hydroxyl groups excluding tert-OH is 1. The summed E-state index contributed by atoms with van der Waals surface area (Å²) in [7, 11) is 3.96. The summed E-state index contributed by atoms with van der Waals surface area (Å²) in [5, 5.41) is 12.9. The monoisotopic (exact) mass is 276 g/mol. The Morgan fingerprint density at radius 1 is 1.42 bits per heavy atom. The molecule has 2 atom stereocenters. The Labute approximate surface area is 110 Å². The first-order valence-corrected chi connectivity index (χ1v) is 6.15. The summed E-state index contributed by atoms with van der Waals surface area (Å²) >= 11 is 0. The van der Waals surface area contributed by atoms with Crippen molar-refractivity contribution in [1.29, 1.82) is 0 Å². The fourth-order valence-corrected chi connectivity index (χ4v) is 2.04. The lowest BCUT2D eigenvalue weighted by Crippen LogP contribution is -2.45. The van der Waals surface area contributed by atoms with Crippen molar-refractivity contribution in [2.75, 3.05) is 33.7 Å². The number of nitrogens with zero attached hydrogens (tertiary/aromatic N) is 4. The molecule has 0 aliphatic carbocycles. The summed E-state index contributed by atoms with van der Waals surface area (Å²) in [6.07, 6.45) is -4.89. The highest BCUT2D eigenvalue weighted by Crippen LogP contribution is 2.21. The van der Waals surface area contributed by atoms with Crippen LogP contribution in [-0.4, -0.2) is 71.3 Å². The van der Waals surface area contributed by atoms with Crippen LogP contribution in [0.15, 0.2) is 4.52 Å². The number of likely N-dealkylation sites (N-methyl/N-ethyl adjacent to an activating group) is 2. The molecule has 0 spiro atoms. The molecule has 1 aliphatic rings. The Morgan fingerprint density at radius 3 is 2.84 bits per heavy atom. The highest BCUT2D eigenvalue weighted by Gasteiger charge is 2.28. The average molecular weight is 276 g/mol. The van der Waals surface area contributed by atoms with Gasteiger partial charge in [0.2, 0.25) is 5.89 Å². The molecule has 6 nitrogen and oxygen atoms in total. The first-order valence-electron chi connectivity index (χ1n) is 6.15. The van der Waals surface area contributed by atoms with Crippen LogP contribution in [0.2, 0.25) is 0 Å². The van der Waals surface area contributed by atoms with E-state index in [0.717, 1.165) is 19.6 Å². The molecular weight excluding hydrogens is 258 g/mol. The number of piperazine rings is 1. The molecule has 0 saturated carbocycles. The van der Waals surface area contributed by atoms with Crippen LogP contribution >= 0.6 is 0 Å². The molecular formula is C11H18F2N4O2. The topological polar surface area (TPSA) is 65.6 Å². The van der Waals surface area contributed by atoms with E-state index in [2.05, 4.69) is 19.9 Å². The summed E-state index contributed by atoms with van der Waals surface area (Å²) in [4.78, 5) is 8.34. The summed E-state index contributed by atoms with van der Waals surface area (Å²) in [6.45, 7) is 2.60. The Bertz CT molecular complexity index is 415. The third-order valence-corrected chi connectivity index (χ3v) is 3.31. The second-order valence-corrected chi connectivity index (χ2v) is 4.91. The number of rotatable bonds is 4. The zero-order valence-corrected chi connectivity index (χ0v) is 11.0. The number of aliphatic hydroxyl groups is 1. The molecule has 1 aromatic heterocycles. The molecule has 8 heteroatoms. The van der Waals surface area contributed by atoms with Crippen molar-refractivity contribution in [2.24, 2.45) is 0 Å². The summed E-state index contributed by atoms with van der Waals surface area (Å²) in [6, 6.07) is -0.0139. The molecule has 0 amide bonds. The van der Waals surface area contributed by atoms with Crippen molar-refractivity contribution in [1.82, 2.24) is 19.9 Å². The molecule has 1 aromatic rings. The quantitative estimate of drug-likeness (QED) is 0.845. The summed E-state index contributed by atoms with van der Waals surface area (Å²) in [5.74, 6) is 0.523. The lowest BCUT2D eigenvalue weighted by atomic mass is 10.2. The number of hydrogen-bond donors (Lipinski definition) is 1. The van der Waals surface area contributed by atoms with Crippen molar-refractivity contribution in [3.05, 3.63) is 11.7 Å². The Hall–Kier alpha value is -1.12. The molecule has 1 saturated heterocycles. The van der Waals surface area contributed by atoms with Crippen LogP contribution < -0.4 is 0 Å². The Kier molecular flexibility index (Phi) is 4.43. The highest BCUT2D eigenvalue weighted by molar-refractivity contribution is 4.98. The van der Waals surface area contributed by atoms with Crippen molar-refractivity contribution in [2.45, 2.75) is 25.0 Å². The molecule has 108 valence electrons. The van der Waals surface area contributed by atoms with Crippen LogP contribution in [0.25, 0.3) is 0 Å². The molecule has 19 heavy (non-hydrogen) atoms. The van der Waals surface area contributed by atoms with Crippen LogP contribution in [0.5, 0.6) is 0 Å². The number of alkyl halides is 2. The van der Waals surface area contributed by atoms with Gasteiger partial charge in [-0.25, -0.2) is 8.78 Å². The largest absolute Gasteiger partial charge is 0.387 e. The number of hydrogen-bond acceptors (Lipinski definition) is 6. The van der Waals surface area contributed by atoms with E-state index in [0.29, 0.717) is 5.82 Å². The second kappa shape index (κ2) is 5.89. The summed E-state index contributed by atoms with van der Waals surface area (Å²) < 4.78 is 29.4. The fraction of sp³-hybridized carbons (Fsp3) is 0.818. The van der Waals surface area contributed by atoms with Gasteiger partial charge in [-0.2, -0.15) is 4.98 Å². The van der Waals surface area contributed by atoms with Crippen molar-refractivity contribution in [3.8, 4) is 0 Å². The zero-order valence-electron chi connectivity index (χ0n) is 11.0. The van der Waals surface area contributed by atoms with Crippen LogP contribution in [-0.2, 0) is 6.42 Å². The third kappa shape index (κ3) is 3.46. The minimum absolute atomic E-state index is 0.0139. The standard InChI is InChI=1S/C11H18F2N4O2/c1-16-3-4-17(2)7(6-16)11-14-9(19-15-11)5-8(18)10(12)13/h7-8,10,18H,3-6H2,1-2H3. The van der Waals surface area contributed by atoms with Crippen LogP contribution in [0.4, 0.5) is 8.78 Å². The number of aromatic nitrogens is 2. The molecule has 0 bridgehead atoms. The van der Waals surface area contributed by atoms with Gasteiger partial charge in [0.1, 0.15) is 6.10 Å². The molecule has 0 radical (unpaired) electrons. The normalized spacial score (nSPS) is 24.0. The van der Waals surface area contributed by atoms with Gasteiger partial charge >= 0.3 is 0 Å². The van der Waals surface area contributed by atoms with Gasteiger partial charge in [0, 0.05) is 19.6 Å².